The van der Waals surface area contributed by atoms with Gasteiger partial charge in [-0.05, 0) is 41.0 Å². The molecule has 1 atom stereocenters. The molecule has 0 saturated heterocycles. The Labute approximate surface area is 133 Å². The summed E-state index contributed by atoms with van der Waals surface area (Å²) in [6.07, 6.45) is -0.857. The molecule has 0 saturated carbocycles. The Morgan fingerprint density at radius 2 is 1.91 bits per heavy atom. The van der Waals surface area contributed by atoms with Gasteiger partial charge in [-0.3, -0.25) is 4.79 Å². The number of anilines is 1. The second-order valence-electron chi connectivity index (χ2n) is 5.30. The lowest BCUT2D eigenvalue weighted by atomic mass is 10.1. The van der Waals surface area contributed by atoms with Crippen LogP contribution in [0.5, 0.6) is 0 Å². The molecule has 0 radical (unpaired) electrons. The molecule has 1 unspecified atom stereocenters. The number of hydrogen-bond donors (Lipinski definition) is 2. The Hall–Kier alpha value is -1.88. The Bertz CT molecular complexity index is 685. The Kier molecular flexibility index (Phi) is 4.43. The van der Waals surface area contributed by atoms with Crippen LogP contribution in [0.2, 0.25) is 5.02 Å². The number of benzene rings is 2. The van der Waals surface area contributed by atoms with Crippen molar-refractivity contribution in [3.8, 4) is 0 Å². The lowest BCUT2D eigenvalue weighted by Gasteiger charge is -2.12. The van der Waals surface area contributed by atoms with E-state index in [0.29, 0.717) is 23.8 Å². The van der Waals surface area contributed by atoms with Gasteiger partial charge < -0.3 is 15.2 Å². The predicted molar refractivity (Wildman–Crippen MR) is 84.6 cm³/mol. The lowest BCUT2D eigenvalue weighted by molar-refractivity contribution is -0.118. The first kappa shape index (κ1) is 15.0. The number of rotatable bonds is 4. The monoisotopic (exact) mass is 317 g/mol. The number of carbonyl (C=O) groups excluding carboxylic acids is 1. The predicted octanol–water partition coefficient (Wildman–Crippen LogP) is 3.43. The third-order valence-corrected chi connectivity index (χ3v) is 3.89. The molecule has 1 aliphatic rings. The summed E-state index contributed by atoms with van der Waals surface area (Å²) < 4.78 is 5.34. The zero-order valence-electron chi connectivity index (χ0n) is 11.9. The number of amides is 1. The molecule has 0 aliphatic carbocycles. The topological polar surface area (TPSA) is 58.6 Å². The molecular formula is C17H16ClNO3. The van der Waals surface area contributed by atoms with Crippen molar-refractivity contribution in [1.29, 1.82) is 0 Å². The maximum atomic E-state index is 12.0. The summed E-state index contributed by atoms with van der Waals surface area (Å²) in [5.41, 5.74) is 3.63. The van der Waals surface area contributed by atoms with Crippen LogP contribution in [0.4, 0.5) is 5.69 Å². The summed E-state index contributed by atoms with van der Waals surface area (Å²) in [4.78, 5) is 12.0. The molecule has 1 amide bonds. The molecule has 1 aliphatic heterocycles. The van der Waals surface area contributed by atoms with E-state index in [0.717, 1.165) is 16.8 Å². The molecule has 2 aromatic carbocycles. The Balaban J connectivity index is 1.61. The molecule has 1 heterocycles. The zero-order chi connectivity index (χ0) is 15.5. The van der Waals surface area contributed by atoms with E-state index < -0.39 is 6.10 Å². The lowest BCUT2D eigenvalue weighted by Crippen LogP contribution is -2.15. The first-order valence-corrected chi connectivity index (χ1v) is 7.42. The van der Waals surface area contributed by atoms with Crippen LogP contribution in [0.3, 0.4) is 0 Å². The maximum absolute atomic E-state index is 12.0. The van der Waals surface area contributed by atoms with Gasteiger partial charge in [-0.25, -0.2) is 0 Å². The van der Waals surface area contributed by atoms with Crippen LogP contribution in [0.15, 0.2) is 42.5 Å². The highest BCUT2D eigenvalue weighted by Gasteiger charge is 2.15. The molecule has 22 heavy (non-hydrogen) atoms. The number of aliphatic hydroxyl groups is 1. The van der Waals surface area contributed by atoms with Crippen LogP contribution in [0, 0.1) is 0 Å². The van der Waals surface area contributed by atoms with Crippen LogP contribution in [0.1, 0.15) is 29.2 Å². The molecule has 0 spiro atoms. The van der Waals surface area contributed by atoms with Gasteiger partial charge >= 0.3 is 0 Å². The third kappa shape index (κ3) is 3.47. The van der Waals surface area contributed by atoms with Crippen molar-refractivity contribution in [2.24, 2.45) is 0 Å². The summed E-state index contributed by atoms with van der Waals surface area (Å²) in [6.45, 7) is 1.20. The molecule has 2 N–H and O–H groups in total. The molecule has 2 aromatic rings. The molecule has 0 bridgehead atoms. The maximum Gasteiger partial charge on any atom is 0.227 e. The SMILES string of the molecule is O=C(CC(O)c1ccc(Cl)cc1)Nc1ccc2c(c1)COC2. The van der Waals surface area contributed by atoms with Crippen molar-refractivity contribution in [2.45, 2.75) is 25.7 Å². The molecule has 5 heteroatoms. The zero-order valence-corrected chi connectivity index (χ0v) is 12.6. The fraction of sp³-hybridized carbons (Fsp3) is 0.235. The molecule has 0 aromatic heterocycles. The van der Waals surface area contributed by atoms with Gasteiger partial charge in [-0.15, -0.1) is 0 Å². The molecule has 114 valence electrons. The van der Waals surface area contributed by atoms with Crippen molar-refractivity contribution < 1.29 is 14.6 Å². The largest absolute Gasteiger partial charge is 0.388 e. The second kappa shape index (κ2) is 6.48. The molecule has 4 nitrogen and oxygen atoms in total. The summed E-state index contributed by atoms with van der Waals surface area (Å²) in [5.74, 6) is -0.235. The standard InChI is InChI=1S/C17H16ClNO3/c18-14-4-1-11(2-5-14)16(20)8-17(21)19-15-6-3-12-9-22-10-13(12)7-15/h1-7,16,20H,8-10H2,(H,19,21). The summed E-state index contributed by atoms with van der Waals surface area (Å²) in [7, 11) is 0. The minimum atomic E-state index is -0.852. The van der Waals surface area contributed by atoms with Crippen LogP contribution >= 0.6 is 11.6 Å². The van der Waals surface area contributed by atoms with Crippen LogP contribution in [0.25, 0.3) is 0 Å². The van der Waals surface area contributed by atoms with Gasteiger partial charge in [0.15, 0.2) is 0 Å². The fourth-order valence-corrected chi connectivity index (χ4v) is 2.57. The number of ether oxygens (including phenoxy) is 1. The van der Waals surface area contributed by atoms with Crippen LogP contribution < -0.4 is 5.32 Å². The van der Waals surface area contributed by atoms with Crippen LogP contribution in [-0.2, 0) is 22.7 Å². The highest BCUT2D eigenvalue weighted by atomic mass is 35.5. The van der Waals surface area contributed by atoms with E-state index in [-0.39, 0.29) is 12.3 Å². The van der Waals surface area contributed by atoms with Gasteiger partial charge in [0.05, 0.1) is 25.7 Å². The summed E-state index contributed by atoms with van der Waals surface area (Å²) >= 11 is 5.80. The fourth-order valence-electron chi connectivity index (χ4n) is 2.44. The molecule has 0 fully saturated rings. The normalized spacial score (nSPS) is 14.5. The van der Waals surface area contributed by atoms with E-state index in [9.17, 15) is 9.90 Å². The van der Waals surface area contributed by atoms with Gasteiger partial charge in [0.25, 0.3) is 0 Å². The minimum Gasteiger partial charge on any atom is -0.388 e. The van der Waals surface area contributed by atoms with Crippen molar-refractivity contribution in [3.05, 3.63) is 64.2 Å². The first-order valence-electron chi connectivity index (χ1n) is 7.05. The van der Waals surface area contributed by atoms with E-state index in [1.165, 1.54) is 0 Å². The highest BCUT2D eigenvalue weighted by Crippen LogP contribution is 2.24. The van der Waals surface area contributed by atoms with Crippen molar-refractivity contribution in [2.75, 3.05) is 5.32 Å². The molecule has 3 rings (SSSR count). The van der Waals surface area contributed by atoms with E-state index in [4.69, 9.17) is 16.3 Å². The van der Waals surface area contributed by atoms with E-state index in [1.54, 1.807) is 24.3 Å². The second-order valence-corrected chi connectivity index (χ2v) is 5.73. The minimum absolute atomic E-state index is 0.00474. The number of nitrogens with one attached hydrogen (secondary N) is 1. The molecular weight excluding hydrogens is 302 g/mol. The third-order valence-electron chi connectivity index (χ3n) is 3.64. The number of carbonyl (C=O) groups is 1. The van der Waals surface area contributed by atoms with Gasteiger partial charge in [-0.1, -0.05) is 29.8 Å². The van der Waals surface area contributed by atoms with Gasteiger partial charge in [0.1, 0.15) is 0 Å². The summed E-state index contributed by atoms with van der Waals surface area (Å²) in [6, 6.07) is 12.5. The van der Waals surface area contributed by atoms with Gasteiger partial charge in [-0.2, -0.15) is 0 Å². The number of aliphatic hydroxyl groups excluding tert-OH is 1. The number of halogens is 1. The van der Waals surface area contributed by atoms with Gasteiger partial charge in [0, 0.05) is 10.7 Å². The van der Waals surface area contributed by atoms with Gasteiger partial charge in [0.2, 0.25) is 5.91 Å². The van der Waals surface area contributed by atoms with E-state index >= 15 is 0 Å². The van der Waals surface area contributed by atoms with Crippen molar-refractivity contribution in [3.63, 3.8) is 0 Å². The smallest absolute Gasteiger partial charge is 0.227 e. The Morgan fingerprint density at radius 1 is 1.18 bits per heavy atom. The Morgan fingerprint density at radius 3 is 2.68 bits per heavy atom. The first-order chi connectivity index (χ1) is 10.6. The van der Waals surface area contributed by atoms with E-state index in [1.807, 2.05) is 18.2 Å². The average Bonchev–Trinajstić information content (AvgIpc) is 2.95. The summed E-state index contributed by atoms with van der Waals surface area (Å²) in [5, 5.41) is 13.5. The van der Waals surface area contributed by atoms with Crippen LogP contribution in [-0.4, -0.2) is 11.0 Å². The quantitative estimate of drug-likeness (QED) is 0.908. The number of fused-ring (bicyclic) bond motifs is 1. The number of hydrogen-bond acceptors (Lipinski definition) is 3. The average molecular weight is 318 g/mol. The van der Waals surface area contributed by atoms with Crippen molar-refractivity contribution >= 4 is 23.2 Å². The highest BCUT2D eigenvalue weighted by molar-refractivity contribution is 6.30. The van der Waals surface area contributed by atoms with E-state index in [2.05, 4.69) is 5.32 Å². The van der Waals surface area contributed by atoms with Crippen molar-refractivity contribution in [1.82, 2.24) is 0 Å².